The lowest BCUT2D eigenvalue weighted by atomic mass is 10.1. The Hall–Kier alpha value is -4.37. The molecule has 0 bridgehead atoms. The number of benzene rings is 3. The SMILES string of the molecule is O=C(Nn1c(=O)c(=O)[nH]c2cc(C#Cc3ccccc3)ccc21)c1ccccc1. The number of carbonyl (C=O) groups is 1. The van der Waals surface area contributed by atoms with Gasteiger partial charge in [-0.05, 0) is 42.5 Å². The molecule has 6 heteroatoms. The van der Waals surface area contributed by atoms with Gasteiger partial charge in [-0.2, -0.15) is 0 Å². The quantitative estimate of drug-likeness (QED) is 0.413. The summed E-state index contributed by atoms with van der Waals surface area (Å²) in [5, 5.41) is 0. The van der Waals surface area contributed by atoms with E-state index in [1.807, 2.05) is 30.3 Å². The van der Waals surface area contributed by atoms with Crippen LogP contribution in [0.15, 0.2) is 88.5 Å². The van der Waals surface area contributed by atoms with Crippen molar-refractivity contribution in [3.8, 4) is 11.8 Å². The van der Waals surface area contributed by atoms with E-state index in [0.29, 0.717) is 22.2 Å². The Morgan fingerprint density at radius 1 is 0.828 bits per heavy atom. The van der Waals surface area contributed by atoms with Crippen molar-refractivity contribution >= 4 is 16.9 Å². The van der Waals surface area contributed by atoms with Gasteiger partial charge >= 0.3 is 11.1 Å². The van der Waals surface area contributed by atoms with Crippen LogP contribution in [0.1, 0.15) is 21.5 Å². The molecule has 0 atom stereocenters. The predicted molar refractivity (Wildman–Crippen MR) is 111 cm³/mol. The third-order valence-electron chi connectivity index (χ3n) is 4.26. The monoisotopic (exact) mass is 381 g/mol. The van der Waals surface area contributed by atoms with Crippen molar-refractivity contribution in [2.45, 2.75) is 0 Å². The summed E-state index contributed by atoms with van der Waals surface area (Å²) in [6.45, 7) is 0. The van der Waals surface area contributed by atoms with Crippen molar-refractivity contribution in [1.29, 1.82) is 0 Å². The normalized spacial score (nSPS) is 10.2. The second kappa shape index (κ2) is 7.71. The highest BCUT2D eigenvalue weighted by Gasteiger charge is 2.12. The molecule has 140 valence electrons. The first kappa shape index (κ1) is 18.0. The van der Waals surface area contributed by atoms with E-state index in [-0.39, 0.29) is 0 Å². The molecule has 29 heavy (non-hydrogen) atoms. The zero-order valence-corrected chi connectivity index (χ0v) is 15.2. The summed E-state index contributed by atoms with van der Waals surface area (Å²) in [4.78, 5) is 39.4. The molecule has 0 radical (unpaired) electrons. The summed E-state index contributed by atoms with van der Waals surface area (Å²) < 4.78 is 0.956. The van der Waals surface area contributed by atoms with Gasteiger partial charge in [0.25, 0.3) is 5.91 Å². The summed E-state index contributed by atoms with van der Waals surface area (Å²) in [6.07, 6.45) is 0. The third kappa shape index (κ3) is 3.84. The first-order chi connectivity index (χ1) is 14.1. The van der Waals surface area contributed by atoms with Crippen molar-refractivity contribution in [3.63, 3.8) is 0 Å². The minimum absolute atomic E-state index is 0.365. The molecular formula is C23H15N3O3. The molecular weight excluding hydrogens is 366 g/mol. The highest BCUT2D eigenvalue weighted by Crippen LogP contribution is 2.11. The minimum Gasteiger partial charge on any atom is -0.316 e. The maximum Gasteiger partial charge on any atom is 0.335 e. The molecule has 0 fully saturated rings. The van der Waals surface area contributed by atoms with Gasteiger partial charge in [0.15, 0.2) is 0 Å². The molecule has 0 aliphatic rings. The summed E-state index contributed by atoms with van der Waals surface area (Å²) in [6, 6.07) is 23.0. The Morgan fingerprint density at radius 3 is 2.21 bits per heavy atom. The Kier molecular flexibility index (Phi) is 4.79. The van der Waals surface area contributed by atoms with Crippen LogP contribution >= 0.6 is 0 Å². The van der Waals surface area contributed by atoms with Crippen molar-refractivity contribution in [2.75, 3.05) is 5.43 Å². The molecule has 1 amide bonds. The lowest BCUT2D eigenvalue weighted by Crippen LogP contribution is -2.42. The van der Waals surface area contributed by atoms with E-state index in [1.165, 1.54) is 0 Å². The van der Waals surface area contributed by atoms with Crippen LogP contribution in [-0.4, -0.2) is 15.6 Å². The van der Waals surface area contributed by atoms with Crippen LogP contribution < -0.4 is 16.5 Å². The molecule has 0 saturated heterocycles. The summed E-state index contributed by atoms with van der Waals surface area (Å²) in [5.41, 5.74) is 3.45. The van der Waals surface area contributed by atoms with Crippen molar-refractivity contribution in [2.24, 2.45) is 0 Å². The highest BCUT2D eigenvalue weighted by atomic mass is 16.2. The summed E-state index contributed by atoms with van der Waals surface area (Å²) >= 11 is 0. The number of hydrogen-bond donors (Lipinski definition) is 2. The van der Waals surface area contributed by atoms with Gasteiger partial charge < -0.3 is 4.98 Å². The van der Waals surface area contributed by atoms with E-state index in [4.69, 9.17) is 0 Å². The van der Waals surface area contributed by atoms with Crippen LogP contribution in [0, 0.1) is 11.8 Å². The van der Waals surface area contributed by atoms with Crippen LogP contribution in [0.3, 0.4) is 0 Å². The average Bonchev–Trinajstić information content (AvgIpc) is 2.76. The molecule has 1 heterocycles. The number of amides is 1. The Labute approximate surface area is 165 Å². The fraction of sp³-hybridized carbons (Fsp3) is 0. The molecule has 0 unspecified atom stereocenters. The third-order valence-corrected chi connectivity index (χ3v) is 4.26. The molecule has 6 nitrogen and oxygen atoms in total. The van der Waals surface area contributed by atoms with E-state index < -0.39 is 17.0 Å². The maximum atomic E-state index is 12.4. The topological polar surface area (TPSA) is 84.0 Å². The molecule has 0 saturated carbocycles. The fourth-order valence-corrected chi connectivity index (χ4v) is 2.83. The number of aromatic nitrogens is 2. The molecule has 3 aromatic carbocycles. The zero-order chi connectivity index (χ0) is 20.2. The van der Waals surface area contributed by atoms with Crippen LogP contribution in [-0.2, 0) is 0 Å². The van der Waals surface area contributed by atoms with E-state index >= 15 is 0 Å². The summed E-state index contributed by atoms with van der Waals surface area (Å²) in [5.74, 6) is 5.57. The lowest BCUT2D eigenvalue weighted by Gasteiger charge is -2.11. The number of nitrogens with zero attached hydrogens (tertiary/aromatic N) is 1. The lowest BCUT2D eigenvalue weighted by molar-refractivity contribution is 0.101. The van der Waals surface area contributed by atoms with Crippen LogP contribution in [0.25, 0.3) is 11.0 Å². The minimum atomic E-state index is -0.870. The fourth-order valence-electron chi connectivity index (χ4n) is 2.83. The maximum absolute atomic E-state index is 12.4. The van der Waals surface area contributed by atoms with Gasteiger partial charge in [0, 0.05) is 16.7 Å². The standard InChI is InChI=1S/C23H15N3O3/c27-21(18-9-5-2-6-10-18)25-26-20-14-13-17(12-11-16-7-3-1-4-8-16)15-19(20)24-22(28)23(26)29/h1-10,13-15H,(H,24,28)(H,25,27). The van der Waals surface area contributed by atoms with Crippen molar-refractivity contribution < 1.29 is 4.79 Å². The first-order valence-corrected chi connectivity index (χ1v) is 8.84. The number of carbonyl (C=O) groups excluding carboxylic acids is 1. The number of fused-ring (bicyclic) bond motifs is 1. The van der Waals surface area contributed by atoms with Gasteiger partial charge in [-0.3, -0.25) is 19.8 Å². The number of rotatable bonds is 2. The Balaban J connectivity index is 1.75. The molecule has 2 N–H and O–H groups in total. The van der Waals surface area contributed by atoms with Crippen molar-refractivity contribution in [3.05, 3.63) is 116 Å². The molecule has 1 aromatic heterocycles. The van der Waals surface area contributed by atoms with Gasteiger partial charge in [0.1, 0.15) is 0 Å². The largest absolute Gasteiger partial charge is 0.335 e. The van der Waals surface area contributed by atoms with Crippen LogP contribution in [0.2, 0.25) is 0 Å². The van der Waals surface area contributed by atoms with E-state index in [0.717, 1.165) is 10.2 Å². The van der Waals surface area contributed by atoms with E-state index in [1.54, 1.807) is 48.5 Å². The number of hydrogen-bond acceptors (Lipinski definition) is 3. The first-order valence-electron chi connectivity index (χ1n) is 8.84. The van der Waals surface area contributed by atoms with Gasteiger partial charge in [-0.1, -0.05) is 48.2 Å². The number of nitrogens with one attached hydrogen (secondary N) is 2. The molecule has 4 rings (SSSR count). The van der Waals surface area contributed by atoms with Crippen LogP contribution in [0.4, 0.5) is 0 Å². The van der Waals surface area contributed by atoms with Gasteiger partial charge in [-0.25, -0.2) is 4.68 Å². The highest BCUT2D eigenvalue weighted by molar-refractivity contribution is 6.00. The molecule has 0 aliphatic carbocycles. The molecule has 4 aromatic rings. The average molecular weight is 381 g/mol. The summed E-state index contributed by atoms with van der Waals surface area (Å²) in [7, 11) is 0. The number of H-pyrrole nitrogens is 1. The van der Waals surface area contributed by atoms with Gasteiger partial charge in [0.05, 0.1) is 11.0 Å². The molecule has 0 aliphatic heterocycles. The second-order valence-corrected chi connectivity index (χ2v) is 6.25. The van der Waals surface area contributed by atoms with Gasteiger partial charge in [0.2, 0.25) is 0 Å². The smallest absolute Gasteiger partial charge is 0.316 e. The Morgan fingerprint density at radius 2 is 1.48 bits per heavy atom. The van der Waals surface area contributed by atoms with Crippen LogP contribution in [0.5, 0.6) is 0 Å². The van der Waals surface area contributed by atoms with E-state index in [2.05, 4.69) is 22.3 Å². The zero-order valence-electron chi connectivity index (χ0n) is 15.2. The predicted octanol–water partition coefficient (Wildman–Crippen LogP) is 2.47. The Bertz CT molecular complexity index is 1380. The van der Waals surface area contributed by atoms with E-state index in [9.17, 15) is 14.4 Å². The van der Waals surface area contributed by atoms with Crippen molar-refractivity contribution in [1.82, 2.24) is 9.66 Å². The molecule has 0 spiro atoms. The van der Waals surface area contributed by atoms with Gasteiger partial charge in [-0.15, -0.1) is 0 Å². The number of aromatic amines is 1. The second-order valence-electron chi connectivity index (χ2n) is 6.25.